The van der Waals surface area contributed by atoms with E-state index in [0.29, 0.717) is 42.1 Å². The minimum Gasteiger partial charge on any atom is -0.497 e. The second-order valence-electron chi connectivity index (χ2n) is 15.1. The highest BCUT2D eigenvalue weighted by Gasteiger charge is 2.67. The van der Waals surface area contributed by atoms with Crippen molar-refractivity contribution in [3.05, 3.63) is 114 Å². The number of amides is 3. The van der Waals surface area contributed by atoms with E-state index < -0.39 is 25.9 Å². The predicted molar refractivity (Wildman–Crippen MR) is 204 cm³/mol. The molecule has 4 aliphatic heterocycles. The van der Waals surface area contributed by atoms with E-state index in [1.165, 1.54) is 0 Å². The summed E-state index contributed by atoms with van der Waals surface area (Å²) in [5.74, 6) is 0.0632. The third-order valence-corrected chi connectivity index (χ3v) is 16.4. The van der Waals surface area contributed by atoms with Gasteiger partial charge in [0, 0.05) is 29.4 Å². The Morgan fingerprint density at radius 1 is 0.943 bits per heavy atom. The fourth-order valence-corrected chi connectivity index (χ4v) is 13.4. The second kappa shape index (κ2) is 13.5. The van der Waals surface area contributed by atoms with Crippen LogP contribution in [0, 0.1) is 5.92 Å². The summed E-state index contributed by atoms with van der Waals surface area (Å²) in [7, 11) is -0.914. The molecule has 0 unspecified atom stereocenters. The number of rotatable bonds is 8. The zero-order valence-electron chi connectivity index (χ0n) is 30.5. The van der Waals surface area contributed by atoms with Gasteiger partial charge in [0.2, 0.25) is 5.91 Å². The van der Waals surface area contributed by atoms with Gasteiger partial charge in [0.25, 0.3) is 5.91 Å². The normalized spacial score (nSPS) is 25.1. The Labute approximate surface area is 310 Å². The second-order valence-corrected chi connectivity index (χ2v) is 19.8. The van der Waals surface area contributed by atoms with E-state index in [2.05, 4.69) is 38.2 Å². The minimum absolute atomic E-state index is 0.0497. The molecular formula is C42H45N3O7Si. The minimum atomic E-state index is -2.56. The van der Waals surface area contributed by atoms with Gasteiger partial charge in [0.1, 0.15) is 12.4 Å². The molecule has 8 rings (SSSR count). The smallest absolute Gasteiger partial charge is 0.414 e. The Bertz CT molecular complexity index is 2060. The fourth-order valence-electron chi connectivity index (χ4n) is 9.39. The summed E-state index contributed by atoms with van der Waals surface area (Å²) < 4.78 is 18.1. The molecule has 0 aliphatic carbocycles. The van der Waals surface area contributed by atoms with E-state index >= 15 is 4.79 Å². The van der Waals surface area contributed by atoms with Crippen molar-refractivity contribution in [2.75, 3.05) is 36.7 Å². The molecule has 5 atom stereocenters. The van der Waals surface area contributed by atoms with Crippen LogP contribution in [-0.2, 0) is 37.6 Å². The molecule has 1 spiro atoms. The molecule has 11 heteroatoms. The number of hydrogen-bond acceptors (Lipinski definition) is 7. The molecule has 4 aromatic carbocycles. The first kappa shape index (κ1) is 35.1. The number of nitrogens with zero attached hydrogens (tertiary/aromatic N) is 3. The molecule has 53 heavy (non-hydrogen) atoms. The van der Waals surface area contributed by atoms with Crippen molar-refractivity contribution in [1.29, 1.82) is 0 Å². The van der Waals surface area contributed by atoms with Crippen LogP contribution >= 0.6 is 0 Å². The van der Waals surface area contributed by atoms with E-state index in [1.54, 1.807) is 21.8 Å². The van der Waals surface area contributed by atoms with Gasteiger partial charge in [-0.05, 0) is 65.6 Å². The largest absolute Gasteiger partial charge is 0.497 e. The molecule has 0 aromatic heterocycles. The van der Waals surface area contributed by atoms with Crippen LogP contribution in [0.25, 0.3) is 0 Å². The van der Waals surface area contributed by atoms with Gasteiger partial charge in [0.15, 0.2) is 5.60 Å². The monoisotopic (exact) mass is 731 g/mol. The highest BCUT2D eigenvalue weighted by Crippen LogP contribution is 2.61. The number of carbonyl (C=O) groups is 3. The zero-order valence-corrected chi connectivity index (χ0v) is 31.5. The van der Waals surface area contributed by atoms with E-state index in [0.717, 1.165) is 22.1 Å². The van der Waals surface area contributed by atoms with Crippen LogP contribution in [0.1, 0.15) is 30.0 Å². The molecule has 10 nitrogen and oxygen atoms in total. The number of carbonyl (C=O) groups excluding carboxylic acids is 3. The lowest BCUT2D eigenvalue weighted by atomic mass is 9.82. The van der Waals surface area contributed by atoms with Crippen LogP contribution in [0.2, 0.25) is 18.6 Å². The molecule has 3 amide bonds. The summed E-state index contributed by atoms with van der Waals surface area (Å²) in [5.41, 5.74) is 3.28. The quantitative estimate of drug-likeness (QED) is 0.226. The molecular weight excluding hydrogens is 687 g/mol. The summed E-state index contributed by atoms with van der Waals surface area (Å²) in [6.45, 7) is 7.60. The first-order chi connectivity index (χ1) is 25.6. The maximum atomic E-state index is 15.3. The molecule has 4 heterocycles. The molecule has 0 radical (unpaired) electrons. The Balaban J connectivity index is 1.25. The highest BCUT2D eigenvalue weighted by molar-refractivity contribution is 6.91. The average Bonchev–Trinajstić information content (AvgIpc) is 3.82. The van der Waals surface area contributed by atoms with Crippen molar-refractivity contribution in [2.45, 2.75) is 62.7 Å². The summed E-state index contributed by atoms with van der Waals surface area (Å²) >= 11 is 0. The van der Waals surface area contributed by atoms with Gasteiger partial charge in [-0.25, -0.2) is 4.79 Å². The molecule has 2 saturated heterocycles. The maximum absolute atomic E-state index is 15.3. The Morgan fingerprint density at radius 2 is 1.66 bits per heavy atom. The molecule has 274 valence electrons. The first-order valence-corrected chi connectivity index (χ1v) is 21.4. The van der Waals surface area contributed by atoms with Gasteiger partial charge in [-0.15, -0.1) is 0 Å². The number of hydrogen-bond donors (Lipinski definition) is 1. The Hall–Kier alpha value is -4.97. The lowest BCUT2D eigenvalue weighted by Crippen LogP contribution is -2.52. The maximum Gasteiger partial charge on any atom is 0.414 e. The number of para-hydroxylation sites is 1. The van der Waals surface area contributed by atoms with Crippen LogP contribution in [-0.4, -0.2) is 75.0 Å². The number of aliphatic hydroxyl groups excluding tert-OH is 1. The first-order valence-electron chi connectivity index (χ1n) is 18.4. The third kappa shape index (κ3) is 5.64. The number of ether oxygens (including phenoxy) is 3. The van der Waals surface area contributed by atoms with Crippen molar-refractivity contribution in [1.82, 2.24) is 4.90 Å². The molecule has 4 aliphatic rings. The van der Waals surface area contributed by atoms with Gasteiger partial charge < -0.3 is 24.2 Å². The molecule has 0 saturated carbocycles. The Kier molecular flexibility index (Phi) is 8.91. The number of fused-ring (bicyclic) bond motifs is 3. The Morgan fingerprint density at radius 3 is 2.34 bits per heavy atom. The molecule has 1 N–H and O–H groups in total. The van der Waals surface area contributed by atoms with Crippen LogP contribution in [0.3, 0.4) is 0 Å². The van der Waals surface area contributed by atoms with E-state index in [1.807, 2.05) is 78.9 Å². The summed E-state index contributed by atoms with van der Waals surface area (Å²) in [6, 6.07) is 31.0. The van der Waals surface area contributed by atoms with Crippen LogP contribution < -0.4 is 19.7 Å². The van der Waals surface area contributed by atoms with Crippen LogP contribution in [0.5, 0.6) is 5.75 Å². The third-order valence-electron chi connectivity index (χ3n) is 12.1. The van der Waals surface area contributed by atoms with Gasteiger partial charge >= 0.3 is 6.09 Å². The van der Waals surface area contributed by atoms with Crippen molar-refractivity contribution >= 4 is 48.2 Å². The van der Waals surface area contributed by atoms with Gasteiger partial charge in [-0.1, -0.05) is 79.8 Å². The number of methoxy groups -OCH3 is 1. The number of aliphatic hydroxyl groups is 1. The van der Waals surface area contributed by atoms with Gasteiger partial charge in [-0.3, -0.25) is 19.4 Å². The lowest BCUT2D eigenvalue weighted by Gasteiger charge is -2.39. The van der Waals surface area contributed by atoms with E-state index in [4.69, 9.17) is 14.2 Å². The zero-order chi connectivity index (χ0) is 37.1. The van der Waals surface area contributed by atoms with Crippen LogP contribution in [0.4, 0.5) is 21.9 Å². The number of anilines is 3. The molecule has 0 bridgehead atoms. The number of benzene rings is 4. The SMILES string of the molecule is COc1ccc([Si](C)(C)[C@@H]2[C@@H](CC(=O)N3Cc4ccccc4C[C@H]3CO)O[C@]3(C(=O)N(c4ccccc4)c4ccc(N5CCOC5=O)cc43)[C@H]2C)cc1. The van der Waals surface area contributed by atoms with Crippen LogP contribution in [0.15, 0.2) is 97.1 Å². The lowest BCUT2D eigenvalue weighted by molar-refractivity contribution is -0.150. The fraction of sp³-hybridized carbons (Fsp3) is 0.357. The summed E-state index contributed by atoms with van der Waals surface area (Å²) in [5, 5.41) is 11.6. The van der Waals surface area contributed by atoms with Crippen molar-refractivity contribution in [2.24, 2.45) is 5.92 Å². The predicted octanol–water partition coefficient (Wildman–Crippen LogP) is 5.88. The van der Waals surface area contributed by atoms with Crippen molar-refractivity contribution in [3.8, 4) is 5.75 Å². The van der Waals surface area contributed by atoms with Gasteiger partial charge in [0.05, 0.1) is 52.6 Å². The van der Waals surface area contributed by atoms with E-state index in [-0.39, 0.29) is 48.9 Å². The standard InChI is InChI=1S/C42H45N3O7Si/c1-27-39(53(3,4)34-17-15-33(50-2)16-18-34)37(24-38(47)44-25-29-11-9-8-10-28(29)22-32(44)26-46)52-42(27)35-23-31(43-20-21-51-41(43)49)14-19-36(35)45(40(42)48)30-12-6-5-7-13-30/h5-19,23,27,32,37,39,46H,20-22,24-26H2,1-4H3/t27-,32-,37+,39-,42+/m0/s1. The number of cyclic esters (lactones) is 1. The van der Waals surface area contributed by atoms with Gasteiger partial charge in [-0.2, -0.15) is 0 Å². The summed E-state index contributed by atoms with van der Waals surface area (Å²) in [6.07, 6.45) is -0.432. The van der Waals surface area contributed by atoms with Crippen molar-refractivity contribution in [3.63, 3.8) is 0 Å². The molecule has 4 aromatic rings. The average molecular weight is 732 g/mol. The topological polar surface area (TPSA) is 109 Å². The highest BCUT2D eigenvalue weighted by atomic mass is 28.3. The molecule has 2 fully saturated rings. The van der Waals surface area contributed by atoms with E-state index in [9.17, 15) is 14.7 Å². The summed E-state index contributed by atoms with van der Waals surface area (Å²) in [4.78, 5) is 47.8. The van der Waals surface area contributed by atoms with Crippen molar-refractivity contribution < 1.29 is 33.7 Å².